The zero-order chi connectivity index (χ0) is 39.5. The highest BCUT2D eigenvalue weighted by Crippen LogP contribution is 2.44. The molecule has 0 heterocycles. The predicted molar refractivity (Wildman–Crippen MR) is 195 cm³/mol. The first-order valence-electron chi connectivity index (χ1n) is 14.9. The number of anilines is 2. The van der Waals surface area contributed by atoms with Crippen molar-refractivity contribution < 1.29 is 46.4 Å². The van der Waals surface area contributed by atoms with Crippen LogP contribution in [-0.4, -0.2) is 46.4 Å². The van der Waals surface area contributed by atoms with Crippen LogP contribution in [0.4, 0.5) is 34.1 Å². The SMILES string of the molecule is C=C(N=Nc1c(S(=O)(=O)O)cc2cc(Nc3ccc4c(O)c(N=Nc5ccc(N=N)cc5O)c(S(=O)(=O)O)cc4c3)ccc2c1O)/C(O)=C\C(=C/C)N=N. The predicted octanol–water partition coefficient (Wildman–Crippen LogP) is 9.40. The van der Waals surface area contributed by atoms with Crippen molar-refractivity contribution in [2.75, 3.05) is 5.32 Å². The highest BCUT2D eigenvalue weighted by atomic mass is 32.2. The molecule has 5 rings (SSSR count). The molecule has 0 amide bonds. The summed E-state index contributed by atoms with van der Waals surface area (Å²) in [5, 5.41) is 67.0. The molecule has 0 spiro atoms. The smallest absolute Gasteiger partial charge is 0.296 e. The molecule has 0 radical (unpaired) electrons. The van der Waals surface area contributed by atoms with Crippen LogP contribution < -0.4 is 5.32 Å². The largest absolute Gasteiger partial charge is 0.506 e. The average molecular weight is 774 g/mol. The Labute approximate surface area is 305 Å². The summed E-state index contributed by atoms with van der Waals surface area (Å²) >= 11 is 0. The summed E-state index contributed by atoms with van der Waals surface area (Å²) in [5.74, 6) is -2.35. The van der Waals surface area contributed by atoms with Crippen molar-refractivity contribution in [3.8, 4) is 17.2 Å². The minimum absolute atomic E-state index is 0.0575. The number of phenolic OH excluding ortho intramolecular Hbond substituents is 3. The molecular weight excluding hydrogens is 747 g/mol. The maximum Gasteiger partial charge on any atom is 0.296 e. The third-order valence-corrected chi connectivity index (χ3v) is 9.30. The molecule has 0 atom stereocenters. The minimum Gasteiger partial charge on any atom is -0.506 e. The van der Waals surface area contributed by atoms with Crippen molar-refractivity contribution in [3.63, 3.8) is 0 Å². The highest BCUT2D eigenvalue weighted by Gasteiger charge is 2.24. The molecule has 19 nitrogen and oxygen atoms in total. The number of hydrogen-bond acceptors (Lipinski definition) is 17. The molecule has 0 aromatic heterocycles. The number of allylic oxidation sites excluding steroid dienone is 2. The maximum atomic E-state index is 12.3. The van der Waals surface area contributed by atoms with Crippen molar-refractivity contribution in [2.24, 2.45) is 30.7 Å². The van der Waals surface area contributed by atoms with Gasteiger partial charge in [0.25, 0.3) is 20.2 Å². The Morgan fingerprint density at radius 1 is 0.759 bits per heavy atom. The van der Waals surface area contributed by atoms with E-state index < -0.39 is 64.4 Å². The number of nitrogens with one attached hydrogen (secondary N) is 3. The zero-order valence-corrected chi connectivity index (χ0v) is 29.2. The number of rotatable bonds is 12. The minimum atomic E-state index is -5.01. The van der Waals surface area contributed by atoms with Gasteiger partial charge < -0.3 is 25.7 Å². The van der Waals surface area contributed by atoms with Crippen LogP contribution in [0.5, 0.6) is 17.2 Å². The second kappa shape index (κ2) is 15.0. The van der Waals surface area contributed by atoms with Gasteiger partial charge in [-0.2, -0.15) is 27.1 Å². The number of aliphatic hydroxyl groups excluding tert-OH is 1. The van der Waals surface area contributed by atoms with E-state index in [2.05, 4.69) is 42.6 Å². The number of phenols is 3. The summed E-state index contributed by atoms with van der Waals surface area (Å²) in [4.78, 5) is -1.64. The van der Waals surface area contributed by atoms with E-state index >= 15 is 0 Å². The van der Waals surface area contributed by atoms with Crippen LogP contribution in [0.1, 0.15) is 6.92 Å². The molecule has 0 aliphatic rings. The average Bonchev–Trinajstić information content (AvgIpc) is 3.12. The first-order chi connectivity index (χ1) is 25.4. The summed E-state index contributed by atoms with van der Waals surface area (Å²) in [6, 6.07) is 14.4. The van der Waals surface area contributed by atoms with Crippen molar-refractivity contribution in [3.05, 3.63) is 103 Å². The molecule has 9 N–H and O–H groups in total. The third-order valence-electron chi connectivity index (χ3n) is 7.57. The Kier molecular flexibility index (Phi) is 10.6. The normalized spacial score (nSPS) is 12.9. The number of nitrogens with zero attached hydrogens (tertiary/aromatic N) is 6. The topological polar surface area (TPSA) is 324 Å². The fourth-order valence-corrected chi connectivity index (χ4v) is 6.26. The molecule has 0 bridgehead atoms. The second-order valence-corrected chi connectivity index (χ2v) is 13.9. The second-order valence-electron chi connectivity index (χ2n) is 11.1. The lowest BCUT2D eigenvalue weighted by Gasteiger charge is -2.13. The molecule has 54 heavy (non-hydrogen) atoms. The summed E-state index contributed by atoms with van der Waals surface area (Å²) in [5.41, 5.74) is 13.1. The van der Waals surface area contributed by atoms with Gasteiger partial charge in [-0.3, -0.25) is 9.11 Å². The van der Waals surface area contributed by atoms with Crippen molar-refractivity contribution in [2.45, 2.75) is 16.7 Å². The van der Waals surface area contributed by atoms with E-state index in [1.807, 2.05) is 0 Å². The number of benzene rings is 5. The molecule has 21 heteroatoms. The summed E-state index contributed by atoms with van der Waals surface area (Å²) < 4.78 is 69.3. The lowest BCUT2D eigenvalue weighted by Crippen LogP contribution is -2.00. The summed E-state index contributed by atoms with van der Waals surface area (Å²) in [6.07, 6.45) is 2.46. The van der Waals surface area contributed by atoms with E-state index in [9.17, 15) is 46.4 Å². The van der Waals surface area contributed by atoms with Crippen LogP contribution in [0, 0.1) is 11.1 Å². The summed E-state index contributed by atoms with van der Waals surface area (Å²) in [6.45, 7) is 5.07. The van der Waals surface area contributed by atoms with Gasteiger partial charge in [-0.1, -0.05) is 12.7 Å². The van der Waals surface area contributed by atoms with E-state index in [0.29, 0.717) is 11.4 Å². The number of fused-ring (bicyclic) bond motifs is 2. The monoisotopic (exact) mass is 773 g/mol. The molecular formula is C33H27N9O10S2. The summed E-state index contributed by atoms with van der Waals surface area (Å²) in [7, 11) is -10.00. The van der Waals surface area contributed by atoms with Crippen LogP contribution in [0.2, 0.25) is 0 Å². The fourth-order valence-electron chi connectivity index (χ4n) is 4.95. The molecule has 0 aliphatic heterocycles. The lowest BCUT2D eigenvalue weighted by atomic mass is 10.1. The third kappa shape index (κ3) is 8.08. The molecule has 5 aromatic rings. The maximum absolute atomic E-state index is 12.3. The van der Waals surface area contributed by atoms with Gasteiger partial charge in [-0.05, 0) is 78.4 Å². The molecule has 276 valence electrons. The van der Waals surface area contributed by atoms with E-state index in [1.54, 1.807) is 6.92 Å². The standard InChI is InChI=1S/C33H27N9O10S2/c1-3-19(37-34)14-26(43)16(2)39-41-30-28(53(47,48)49)12-17-10-20(4-7-23(17)32(30)45)36-21-5-8-24-18(11-21)13-29(54(50,51)52)31(33(24)46)42-40-25-9-6-22(38-35)15-27(25)44/h3-15,34-36,43-46H,2H2,1H3,(H,47,48,49)(H,50,51,52)/b19-3+,26-14+,37-34?,38-35?,41-39?,42-40?. The van der Waals surface area contributed by atoms with Crippen molar-refractivity contribution in [1.82, 2.24) is 0 Å². The Morgan fingerprint density at radius 2 is 1.30 bits per heavy atom. The van der Waals surface area contributed by atoms with Crippen LogP contribution in [-0.2, 0) is 20.2 Å². The number of hydrogen-bond donors (Lipinski definition) is 9. The van der Waals surface area contributed by atoms with Crippen LogP contribution in [0.25, 0.3) is 21.5 Å². The molecule has 0 aliphatic carbocycles. The molecule has 0 fully saturated rings. The number of azo groups is 2. The van der Waals surface area contributed by atoms with Gasteiger partial charge in [0.15, 0.2) is 11.5 Å². The molecule has 0 unspecified atom stereocenters. The lowest BCUT2D eigenvalue weighted by molar-refractivity contribution is 0.420. The fraction of sp³-hybridized carbons (Fsp3) is 0.0303. The van der Waals surface area contributed by atoms with Gasteiger partial charge in [0.2, 0.25) is 0 Å². The Hall–Kier alpha value is -6.94. The first kappa shape index (κ1) is 38.3. The molecule has 0 saturated heterocycles. The zero-order valence-electron chi connectivity index (χ0n) is 27.5. The Morgan fingerprint density at radius 3 is 1.76 bits per heavy atom. The van der Waals surface area contributed by atoms with Crippen LogP contribution in [0.3, 0.4) is 0 Å². The van der Waals surface area contributed by atoms with Gasteiger partial charge in [0.05, 0.1) is 11.4 Å². The van der Waals surface area contributed by atoms with Crippen molar-refractivity contribution >= 4 is 75.9 Å². The first-order valence-corrected chi connectivity index (χ1v) is 17.8. The number of aromatic hydroxyl groups is 3. The van der Waals surface area contributed by atoms with E-state index in [1.165, 1.54) is 54.6 Å². The van der Waals surface area contributed by atoms with Gasteiger partial charge in [-0.15, -0.1) is 20.5 Å². The van der Waals surface area contributed by atoms with Gasteiger partial charge in [0, 0.05) is 34.3 Å². The molecule has 0 saturated carbocycles. The van der Waals surface area contributed by atoms with Crippen LogP contribution >= 0.6 is 0 Å². The van der Waals surface area contributed by atoms with Gasteiger partial charge >= 0.3 is 0 Å². The Balaban J connectivity index is 1.52. The van der Waals surface area contributed by atoms with E-state index in [0.717, 1.165) is 24.3 Å². The van der Waals surface area contributed by atoms with E-state index in [4.69, 9.17) is 11.1 Å². The van der Waals surface area contributed by atoms with E-state index in [-0.39, 0.29) is 44.3 Å². The van der Waals surface area contributed by atoms with Gasteiger partial charge in [-0.25, -0.2) is 11.1 Å². The van der Waals surface area contributed by atoms with Crippen molar-refractivity contribution in [1.29, 1.82) is 11.1 Å². The quantitative estimate of drug-likeness (QED) is 0.0249. The van der Waals surface area contributed by atoms with Crippen LogP contribution in [0.15, 0.2) is 143 Å². The molecule has 5 aromatic carbocycles. The number of aliphatic hydroxyl groups is 1. The highest BCUT2D eigenvalue weighted by molar-refractivity contribution is 7.86. The Bertz CT molecular complexity index is 2770. The van der Waals surface area contributed by atoms with Gasteiger partial charge in [0.1, 0.15) is 44.1 Å².